The first-order chi connectivity index (χ1) is 12.1. The van der Waals surface area contributed by atoms with Crippen molar-refractivity contribution in [2.45, 2.75) is 6.61 Å². The summed E-state index contributed by atoms with van der Waals surface area (Å²) >= 11 is 0. The lowest BCUT2D eigenvalue weighted by molar-refractivity contribution is -0.725. The van der Waals surface area contributed by atoms with E-state index in [0.29, 0.717) is 17.2 Å². The van der Waals surface area contributed by atoms with Crippen LogP contribution in [0.3, 0.4) is 0 Å². The van der Waals surface area contributed by atoms with Crippen LogP contribution < -0.4 is 15.2 Å². The lowest BCUT2D eigenvalue weighted by atomic mass is 10.2. The molecular formula is C16H15FN7O+. The van der Waals surface area contributed by atoms with Gasteiger partial charge in [0.05, 0.1) is 12.1 Å². The van der Waals surface area contributed by atoms with Crippen LogP contribution in [0, 0.1) is 5.82 Å². The molecule has 0 fully saturated rings. The lowest BCUT2D eigenvalue weighted by Crippen LogP contribution is -2.35. The Morgan fingerprint density at radius 2 is 2.12 bits per heavy atom. The van der Waals surface area contributed by atoms with E-state index in [1.165, 1.54) is 6.07 Å². The molecule has 0 bridgehead atoms. The van der Waals surface area contributed by atoms with Gasteiger partial charge >= 0.3 is 12.0 Å². The Labute approximate surface area is 141 Å². The maximum absolute atomic E-state index is 14.1. The van der Waals surface area contributed by atoms with Crippen molar-refractivity contribution in [2.24, 2.45) is 7.05 Å². The number of aryl methyl sites for hydroxylation is 1. The van der Waals surface area contributed by atoms with E-state index < -0.39 is 5.82 Å². The molecule has 0 radical (unpaired) electrons. The summed E-state index contributed by atoms with van der Waals surface area (Å²) in [6.45, 7) is 0.234. The van der Waals surface area contributed by atoms with Crippen molar-refractivity contribution >= 4 is 16.7 Å². The van der Waals surface area contributed by atoms with E-state index in [-0.39, 0.29) is 18.1 Å². The van der Waals surface area contributed by atoms with E-state index >= 15 is 0 Å². The molecule has 0 aliphatic carbocycles. The van der Waals surface area contributed by atoms with Crippen molar-refractivity contribution in [3.05, 3.63) is 53.8 Å². The number of aromatic amines is 1. The number of anilines is 1. The third kappa shape index (κ3) is 2.65. The number of hydrogen-bond donors (Lipinski definition) is 2. The fourth-order valence-electron chi connectivity index (χ4n) is 2.61. The zero-order valence-electron chi connectivity index (χ0n) is 13.3. The minimum absolute atomic E-state index is 0.202. The summed E-state index contributed by atoms with van der Waals surface area (Å²) in [5.74, 6) is -0.00752. The van der Waals surface area contributed by atoms with Crippen LogP contribution in [0.5, 0.6) is 6.01 Å². The topological polar surface area (TPSA) is 98.5 Å². The number of aromatic nitrogens is 6. The number of nitrogens with one attached hydrogen (secondary N) is 1. The highest BCUT2D eigenvalue weighted by Gasteiger charge is 2.26. The second-order valence-corrected chi connectivity index (χ2v) is 5.53. The molecule has 2 aromatic carbocycles. The lowest BCUT2D eigenvalue weighted by Gasteiger charge is -2.05. The van der Waals surface area contributed by atoms with Crippen molar-refractivity contribution in [2.75, 3.05) is 5.73 Å². The van der Waals surface area contributed by atoms with Crippen molar-refractivity contribution < 1.29 is 13.8 Å². The number of ether oxygens (including phenoxy) is 1. The molecule has 25 heavy (non-hydrogen) atoms. The quantitative estimate of drug-likeness (QED) is 0.431. The van der Waals surface area contributed by atoms with Gasteiger partial charge in [-0.25, -0.2) is 4.39 Å². The first-order valence-corrected chi connectivity index (χ1v) is 7.55. The first-order valence-electron chi connectivity index (χ1n) is 7.55. The molecule has 0 saturated carbocycles. The maximum atomic E-state index is 14.1. The van der Waals surface area contributed by atoms with Gasteiger partial charge in [-0.05, 0) is 29.8 Å². The van der Waals surface area contributed by atoms with Gasteiger partial charge in [-0.15, -0.1) is 5.21 Å². The van der Waals surface area contributed by atoms with E-state index in [4.69, 9.17) is 10.5 Å². The number of hydrogen-bond acceptors (Lipinski definition) is 5. The van der Waals surface area contributed by atoms with Crippen LogP contribution in [0.2, 0.25) is 0 Å². The minimum atomic E-state index is -0.434. The highest BCUT2D eigenvalue weighted by molar-refractivity contribution is 5.78. The smallest absolute Gasteiger partial charge is 0.415 e. The van der Waals surface area contributed by atoms with Crippen LogP contribution >= 0.6 is 0 Å². The van der Waals surface area contributed by atoms with E-state index in [9.17, 15) is 4.39 Å². The van der Waals surface area contributed by atoms with Gasteiger partial charge in [0, 0.05) is 5.69 Å². The van der Waals surface area contributed by atoms with Crippen molar-refractivity contribution in [1.29, 1.82) is 0 Å². The summed E-state index contributed by atoms with van der Waals surface area (Å²) in [4.78, 5) is 4.29. The molecule has 126 valence electrons. The van der Waals surface area contributed by atoms with Gasteiger partial charge in [0.15, 0.2) is 5.82 Å². The predicted molar refractivity (Wildman–Crippen MR) is 87.3 cm³/mol. The summed E-state index contributed by atoms with van der Waals surface area (Å²) in [7, 11) is 1.74. The van der Waals surface area contributed by atoms with E-state index in [2.05, 4.69) is 20.5 Å². The Hall–Kier alpha value is -3.49. The van der Waals surface area contributed by atoms with Crippen molar-refractivity contribution in [3.63, 3.8) is 0 Å². The Kier molecular flexibility index (Phi) is 3.53. The van der Waals surface area contributed by atoms with Gasteiger partial charge in [0.25, 0.3) is 0 Å². The normalized spacial score (nSPS) is 11.1. The van der Waals surface area contributed by atoms with Crippen LogP contribution in [0.15, 0.2) is 42.5 Å². The predicted octanol–water partition coefficient (Wildman–Crippen LogP) is 1.27. The number of nitrogens with zero attached hydrogens (tertiary/aromatic N) is 5. The standard InChI is InChI=1S/C16H14FN7O/c1-23-15(20-21-22-23)24-13-7-3-6-12(17)14(13)19-16(24)25-9-10-4-2-5-11(18)8-10/h2-8H,9,18H2,1H3/p+1. The third-order valence-corrected chi connectivity index (χ3v) is 3.76. The molecule has 0 amide bonds. The zero-order valence-corrected chi connectivity index (χ0v) is 13.3. The van der Waals surface area contributed by atoms with Gasteiger partial charge in [0.1, 0.15) is 22.9 Å². The minimum Gasteiger partial charge on any atom is -0.451 e. The zero-order chi connectivity index (χ0) is 17.4. The van der Waals surface area contributed by atoms with Gasteiger partial charge in [-0.3, -0.25) is 0 Å². The molecule has 9 heteroatoms. The summed E-state index contributed by atoms with van der Waals surface area (Å²) in [6.07, 6.45) is 0. The summed E-state index contributed by atoms with van der Waals surface area (Å²) in [6, 6.07) is 12.3. The Morgan fingerprint density at radius 3 is 2.88 bits per heavy atom. The van der Waals surface area contributed by atoms with Gasteiger partial charge in [0.2, 0.25) is 0 Å². The number of fused-ring (bicyclic) bond motifs is 1. The fourth-order valence-corrected chi connectivity index (χ4v) is 2.61. The summed E-state index contributed by atoms with van der Waals surface area (Å²) < 4.78 is 23.2. The number of halogens is 1. The number of imidazole rings is 1. The molecule has 2 heterocycles. The molecule has 0 aliphatic rings. The molecule has 0 saturated heterocycles. The van der Waals surface area contributed by atoms with Crippen LogP contribution in [0.25, 0.3) is 17.0 Å². The molecular weight excluding hydrogens is 325 g/mol. The Morgan fingerprint density at radius 1 is 1.28 bits per heavy atom. The molecule has 4 rings (SSSR count). The van der Waals surface area contributed by atoms with Crippen molar-refractivity contribution in [3.8, 4) is 12.0 Å². The molecule has 0 unspecified atom stereocenters. The number of nitrogen functional groups attached to an aromatic ring is 1. The third-order valence-electron chi connectivity index (χ3n) is 3.76. The number of benzene rings is 2. The molecule has 0 aliphatic heterocycles. The summed E-state index contributed by atoms with van der Waals surface area (Å²) in [5.41, 5.74) is 8.04. The van der Waals surface area contributed by atoms with Crippen LogP contribution in [-0.2, 0) is 13.7 Å². The molecule has 8 nitrogen and oxygen atoms in total. The summed E-state index contributed by atoms with van der Waals surface area (Å²) in [5, 5.41) is 10.5. The first kappa shape index (κ1) is 15.1. The molecule has 3 N–H and O–H groups in total. The van der Waals surface area contributed by atoms with Crippen LogP contribution in [-0.4, -0.2) is 25.1 Å². The number of H-pyrrole nitrogens is 1. The number of nitrogens with two attached hydrogens (primary N) is 1. The van der Waals surface area contributed by atoms with E-state index in [0.717, 1.165) is 5.56 Å². The maximum Gasteiger partial charge on any atom is 0.415 e. The number of para-hydroxylation sites is 1. The average Bonchev–Trinajstić information content (AvgIpc) is 3.17. The van der Waals surface area contributed by atoms with Crippen molar-refractivity contribution in [1.82, 2.24) is 25.1 Å². The number of rotatable bonds is 4. The highest BCUT2D eigenvalue weighted by atomic mass is 19.1. The second kappa shape index (κ2) is 5.86. The molecule has 0 spiro atoms. The van der Waals surface area contributed by atoms with Gasteiger partial charge in [-0.1, -0.05) is 18.2 Å². The fraction of sp³-hybridized carbons (Fsp3) is 0.125. The molecule has 2 aromatic heterocycles. The van der Waals surface area contributed by atoms with Gasteiger partial charge < -0.3 is 10.5 Å². The largest absolute Gasteiger partial charge is 0.451 e. The van der Waals surface area contributed by atoms with E-state index in [1.54, 1.807) is 34.5 Å². The van der Waals surface area contributed by atoms with Crippen LogP contribution in [0.1, 0.15) is 5.56 Å². The van der Waals surface area contributed by atoms with E-state index in [1.807, 2.05) is 18.2 Å². The monoisotopic (exact) mass is 340 g/mol. The molecule has 0 atom stereocenters. The Bertz CT molecular complexity index is 1060. The highest BCUT2D eigenvalue weighted by Crippen LogP contribution is 2.26. The number of tetrazole rings is 1. The average molecular weight is 340 g/mol. The molecule has 4 aromatic rings. The second-order valence-electron chi connectivity index (χ2n) is 5.53. The van der Waals surface area contributed by atoms with Gasteiger partial charge in [-0.2, -0.15) is 14.2 Å². The van der Waals surface area contributed by atoms with Crippen LogP contribution in [0.4, 0.5) is 10.1 Å². The SMILES string of the molecule is C[n+]1[nH]nnc1-n1c(OCc2cccc(N)c2)nc2c(F)cccc21. The Balaban J connectivity index is 1.80.